The number of ether oxygens (including phenoxy) is 1. The van der Waals surface area contributed by atoms with Gasteiger partial charge in [-0.3, -0.25) is 9.59 Å². The number of halogens is 1. The van der Waals surface area contributed by atoms with Gasteiger partial charge in [0.1, 0.15) is 5.75 Å². The maximum Gasteiger partial charge on any atom is 0.306 e. The molecule has 2 rings (SSSR count). The normalized spacial score (nSPS) is 21.1. The average Bonchev–Trinajstić information content (AvgIpc) is 2.50. The molecule has 1 amide bonds. The van der Waals surface area contributed by atoms with Crippen LogP contribution >= 0.6 is 15.9 Å². The van der Waals surface area contributed by atoms with Gasteiger partial charge >= 0.3 is 5.97 Å². The predicted molar refractivity (Wildman–Crippen MR) is 85.8 cm³/mol. The second-order valence-electron chi connectivity index (χ2n) is 5.48. The summed E-state index contributed by atoms with van der Waals surface area (Å²) in [7, 11) is 0. The summed E-state index contributed by atoms with van der Waals surface area (Å²) in [6, 6.07) is 7.59. The summed E-state index contributed by atoms with van der Waals surface area (Å²) in [4.78, 5) is 22.8. The molecule has 22 heavy (non-hydrogen) atoms. The van der Waals surface area contributed by atoms with E-state index in [0.717, 1.165) is 23.1 Å². The third kappa shape index (κ3) is 5.02. The number of carboxylic acid groups (broad SMARTS) is 1. The first kappa shape index (κ1) is 16.8. The predicted octanol–water partition coefficient (Wildman–Crippen LogP) is 2.98. The van der Waals surface area contributed by atoms with Crippen LogP contribution < -0.4 is 10.1 Å². The first-order valence-electron chi connectivity index (χ1n) is 7.45. The van der Waals surface area contributed by atoms with Gasteiger partial charge in [-0.25, -0.2) is 0 Å². The number of carboxylic acids is 1. The van der Waals surface area contributed by atoms with Crippen LogP contribution in [0.25, 0.3) is 0 Å². The number of benzene rings is 1. The third-order valence-corrected chi connectivity index (χ3v) is 4.52. The lowest BCUT2D eigenvalue weighted by atomic mass is 9.86. The van der Waals surface area contributed by atoms with E-state index in [-0.39, 0.29) is 17.9 Å². The quantitative estimate of drug-likeness (QED) is 0.807. The highest BCUT2D eigenvalue weighted by molar-refractivity contribution is 9.10. The largest absolute Gasteiger partial charge is 0.492 e. The molecule has 0 unspecified atom stereocenters. The molecule has 0 bridgehead atoms. The van der Waals surface area contributed by atoms with Crippen LogP contribution in [0.5, 0.6) is 5.75 Å². The molecule has 2 N–H and O–H groups in total. The Morgan fingerprint density at radius 2 is 1.91 bits per heavy atom. The van der Waals surface area contributed by atoms with Crippen molar-refractivity contribution >= 4 is 27.8 Å². The van der Waals surface area contributed by atoms with Crippen LogP contribution in [-0.4, -0.2) is 29.6 Å². The standard InChI is InChI=1S/C16H20BrNO4/c17-13-3-1-2-4-14(13)22-10-9-15(19)18-12-7-5-11(6-8-12)16(20)21/h1-4,11-12H,5-10H2,(H,18,19)(H,20,21). The summed E-state index contributed by atoms with van der Waals surface area (Å²) in [6.45, 7) is 0.318. The second-order valence-corrected chi connectivity index (χ2v) is 6.34. The molecule has 1 aromatic rings. The van der Waals surface area contributed by atoms with Crippen LogP contribution in [0, 0.1) is 5.92 Å². The number of rotatable bonds is 6. The van der Waals surface area contributed by atoms with Gasteiger partial charge in [0.2, 0.25) is 5.91 Å². The van der Waals surface area contributed by atoms with Crippen LogP contribution in [-0.2, 0) is 9.59 Å². The van der Waals surface area contributed by atoms with Gasteiger partial charge in [-0.15, -0.1) is 0 Å². The van der Waals surface area contributed by atoms with E-state index < -0.39 is 5.97 Å². The fourth-order valence-corrected chi connectivity index (χ4v) is 3.00. The van der Waals surface area contributed by atoms with Gasteiger partial charge in [0.15, 0.2) is 0 Å². The average molecular weight is 370 g/mol. The van der Waals surface area contributed by atoms with Crippen molar-refractivity contribution in [2.45, 2.75) is 38.1 Å². The number of aliphatic carboxylic acids is 1. The monoisotopic (exact) mass is 369 g/mol. The Kier molecular flexibility index (Phi) is 6.24. The Hall–Kier alpha value is -1.56. The van der Waals surface area contributed by atoms with Crippen molar-refractivity contribution in [3.63, 3.8) is 0 Å². The van der Waals surface area contributed by atoms with E-state index in [4.69, 9.17) is 9.84 Å². The van der Waals surface area contributed by atoms with Gasteiger partial charge in [-0.2, -0.15) is 0 Å². The first-order valence-corrected chi connectivity index (χ1v) is 8.25. The zero-order chi connectivity index (χ0) is 15.9. The molecule has 0 aromatic heterocycles. The van der Waals surface area contributed by atoms with Crippen molar-refractivity contribution in [1.82, 2.24) is 5.32 Å². The van der Waals surface area contributed by atoms with Gasteiger partial charge in [-0.05, 0) is 53.7 Å². The molecule has 120 valence electrons. The summed E-state index contributed by atoms with van der Waals surface area (Å²) >= 11 is 3.39. The topological polar surface area (TPSA) is 75.6 Å². The smallest absolute Gasteiger partial charge is 0.306 e. The highest BCUT2D eigenvalue weighted by Gasteiger charge is 2.26. The maximum atomic E-state index is 11.9. The van der Waals surface area contributed by atoms with Gasteiger partial charge in [0, 0.05) is 6.04 Å². The summed E-state index contributed by atoms with van der Waals surface area (Å²) < 4.78 is 6.42. The SMILES string of the molecule is O=C(CCOc1ccccc1Br)NC1CCC(C(=O)O)CC1. The minimum Gasteiger partial charge on any atom is -0.492 e. The zero-order valence-corrected chi connectivity index (χ0v) is 13.8. The Morgan fingerprint density at radius 3 is 2.55 bits per heavy atom. The molecule has 0 aliphatic heterocycles. The zero-order valence-electron chi connectivity index (χ0n) is 12.3. The molecule has 1 aliphatic rings. The minimum atomic E-state index is -0.730. The Labute approximate surface area is 138 Å². The van der Waals surface area contributed by atoms with Gasteiger partial charge < -0.3 is 15.2 Å². The van der Waals surface area contributed by atoms with E-state index >= 15 is 0 Å². The number of carbonyl (C=O) groups excluding carboxylic acids is 1. The molecule has 1 aromatic carbocycles. The van der Waals surface area contributed by atoms with Crippen molar-refractivity contribution in [3.8, 4) is 5.75 Å². The number of amides is 1. The number of para-hydroxylation sites is 1. The highest BCUT2D eigenvalue weighted by Crippen LogP contribution is 2.25. The molecule has 1 saturated carbocycles. The molecule has 0 radical (unpaired) electrons. The molecule has 0 heterocycles. The number of hydrogen-bond acceptors (Lipinski definition) is 3. The van der Waals surface area contributed by atoms with Crippen molar-refractivity contribution in [1.29, 1.82) is 0 Å². The van der Waals surface area contributed by atoms with Crippen molar-refractivity contribution in [3.05, 3.63) is 28.7 Å². The Morgan fingerprint density at radius 1 is 1.23 bits per heavy atom. The minimum absolute atomic E-state index is 0.0502. The lowest BCUT2D eigenvalue weighted by Crippen LogP contribution is -2.39. The van der Waals surface area contributed by atoms with Crippen molar-refractivity contribution < 1.29 is 19.4 Å². The van der Waals surface area contributed by atoms with E-state index in [9.17, 15) is 9.59 Å². The number of hydrogen-bond donors (Lipinski definition) is 2. The van der Waals surface area contributed by atoms with Crippen LogP contribution in [0.2, 0.25) is 0 Å². The van der Waals surface area contributed by atoms with Crippen LogP contribution in [0.3, 0.4) is 0 Å². The molecule has 0 atom stereocenters. The third-order valence-electron chi connectivity index (χ3n) is 3.86. The van der Waals surface area contributed by atoms with Crippen LogP contribution in [0.15, 0.2) is 28.7 Å². The molecule has 5 nitrogen and oxygen atoms in total. The summed E-state index contributed by atoms with van der Waals surface area (Å²) in [5.74, 6) is -0.318. The molecule has 1 aliphatic carbocycles. The molecule has 6 heteroatoms. The van der Waals surface area contributed by atoms with Crippen LogP contribution in [0.4, 0.5) is 0 Å². The van der Waals surface area contributed by atoms with Crippen molar-refractivity contribution in [2.24, 2.45) is 5.92 Å². The van der Waals surface area contributed by atoms with E-state index in [0.29, 0.717) is 25.9 Å². The second kappa shape index (κ2) is 8.17. The summed E-state index contributed by atoms with van der Waals surface area (Å²) in [5, 5.41) is 11.9. The first-order chi connectivity index (χ1) is 10.6. The maximum absolute atomic E-state index is 11.9. The highest BCUT2D eigenvalue weighted by atomic mass is 79.9. The summed E-state index contributed by atoms with van der Waals surface area (Å²) in [6.07, 6.45) is 3.02. The number of carbonyl (C=O) groups is 2. The molecule has 0 spiro atoms. The van der Waals surface area contributed by atoms with Crippen molar-refractivity contribution in [2.75, 3.05) is 6.61 Å². The van der Waals surface area contributed by atoms with E-state index in [1.165, 1.54) is 0 Å². The number of nitrogens with one attached hydrogen (secondary N) is 1. The lowest BCUT2D eigenvalue weighted by molar-refractivity contribution is -0.142. The fourth-order valence-electron chi connectivity index (χ4n) is 2.60. The van der Waals surface area contributed by atoms with E-state index in [1.54, 1.807) is 0 Å². The van der Waals surface area contributed by atoms with Gasteiger partial charge in [0.25, 0.3) is 0 Å². The lowest BCUT2D eigenvalue weighted by Gasteiger charge is -2.26. The van der Waals surface area contributed by atoms with E-state index in [1.807, 2.05) is 24.3 Å². The molecular formula is C16H20BrNO4. The molecule has 0 saturated heterocycles. The fraction of sp³-hybridized carbons (Fsp3) is 0.500. The Bertz CT molecular complexity index is 527. The Balaban J connectivity index is 1.66. The van der Waals surface area contributed by atoms with E-state index in [2.05, 4.69) is 21.2 Å². The molecule has 1 fully saturated rings. The van der Waals surface area contributed by atoms with Gasteiger partial charge in [-0.1, -0.05) is 12.1 Å². The van der Waals surface area contributed by atoms with Gasteiger partial charge in [0.05, 0.1) is 23.4 Å². The summed E-state index contributed by atoms with van der Waals surface area (Å²) in [5.41, 5.74) is 0. The molecular weight excluding hydrogens is 350 g/mol. The van der Waals surface area contributed by atoms with Crippen LogP contribution in [0.1, 0.15) is 32.1 Å².